The Hall–Kier alpha value is -2.75. The lowest BCUT2D eigenvalue weighted by Gasteiger charge is -2.27. The van der Waals surface area contributed by atoms with Gasteiger partial charge in [0, 0.05) is 22.6 Å². The Bertz CT molecular complexity index is 1080. The number of fused-ring (bicyclic) bond motifs is 1. The summed E-state index contributed by atoms with van der Waals surface area (Å²) in [5, 5.41) is 21.3. The molecule has 1 heterocycles. The van der Waals surface area contributed by atoms with Crippen molar-refractivity contribution in [2.75, 3.05) is 0 Å². The molecule has 2 aromatic carbocycles. The van der Waals surface area contributed by atoms with Gasteiger partial charge in [0.15, 0.2) is 0 Å². The maximum atomic E-state index is 12.7. The van der Waals surface area contributed by atoms with E-state index < -0.39 is 5.63 Å². The molecule has 0 aliphatic rings. The molecule has 0 atom stereocenters. The number of benzene rings is 2. The number of aromatic hydroxyl groups is 2. The van der Waals surface area contributed by atoms with Crippen LogP contribution < -0.4 is 5.63 Å². The molecule has 0 aliphatic heterocycles. The summed E-state index contributed by atoms with van der Waals surface area (Å²) in [5.41, 5.74) is 1.92. The summed E-state index contributed by atoms with van der Waals surface area (Å²) >= 11 is 0. The van der Waals surface area contributed by atoms with E-state index in [0.29, 0.717) is 22.1 Å². The summed E-state index contributed by atoms with van der Waals surface area (Å²) in [5.74, 6) is 0.131. The van der Waals surface area contributed by atoms with E-state index in [9.17, 15) is 15.0 Å². The standard InChI is InChI=1S/C23H26O4/c1-22(2,3)14-10-16(20(25)18(11-14)23(4,5)6)17-9-13-7-8-15(24)12-19(13)27-21(17)26/h7-12,24-25H,1-6H3. The Morgan fingerprint density at radius 1 is 0.815 bits per heavy atom. The molecule has 2 N–H and O–H groups in total. The van der Waals surface area contributed by atoms with E-state index in [2.05, 4.69) is 20.8 Å². The fourth-order valence-electron chi connectivity index (χ4n) is 3.13. The predicted molar refractivity (Wildman–Crippen MR) is 109 cm³/mol. The van der Waals surface area contributed by atoms with Gasteiger partial charge in [-0.2, -0.15) is 0 Å². The Labute approximate surface area is 159 Å². The monoisotopic (exact) mass is 366 g/mol. The van der Waals surface area contributed by atoms with Crippen LogP contribution in [0.25, 0.3) is 22.1 Å². The highest BCUT2D eigenvalue weighted by atomic mass is 16.4. The molecule has 1 aromatic heterocycles. The first-order valence-corrected chi connectivity index (χ1v) is 9.03. The molecule has 0 saturated carbocycles. The second-order valence-electron chi connectivity index (χ2n) is 9.09. The van der Waals surface area contributed by atoms with Crippen molar-refractivity contribution < 1.29 is 14.6 Å². The molecule has 4 heteroatoms. The molecule has 0 radical (unpaired) electrons. The fraction of sp³-hybridized carbons (Fsp3) is 0.348. The van der Waals surface area contributed by atoms with Crippen LogP contribution >= 0.6 is 0 Å². The molecule has 3 rings (SSSR count). The highest BCUT2D eigenvalue weighted by molar-refractivity contribution is 5.84. The summed E-state index contributed by atoms with van der Waals surface area (Å²) in [6.45, 7) is 12.4. The van der Waals surface area contributed by atoms with Crippen molar-refractivity contribution in [3.8, 4) is 22.6 Å². The van der Waals surface area contributed by atoms with Crippen LogP contribution in [-0.2, 0) is 10.8 Å². The van der Waals surface area contributed by atoms with Crippen LogP contribution in [0.1, 0.15) is 52.7 Å². The molecule has 3 aromatic rings. The van der Waals surface area contributed by atoms with Crippen molar-refractivity contribution >= 4 is 11.0 Å². The van der Waals surface area contributed by atoms with E-state index in [1.165, 1.54) is 12.1 Å². The lowest BCUT2D eigenvalue weighted by Crippen LogP contribution is -2.17. The number of hydrogen-bond donors (Lipinski definition) is 2. The summed E-state index contributed by atoms with van der Waals surface area (Å²) in [6.07, 6.45) is 0. The van der Waals surface area contributed by atoms with Crippen LogP contribution in [0.5, 0.6) is 11.5 Å². The van der Waals surface area contributed by atoms with Gasteiger partial charge < -0.3 is 14.6 Å². The average Bonchev–Trinajstić information content (AvgIpc) is 2.52. The minimum atomic E-state index is -0.547. The van der Waals surface area contributed by atoms with E-state index in [-0.39, 0.29) is 22.3 Å². The highest BCUT2D eigenvalue weighted by Crippen LogP contribution is 2.41. The van der Waals surface area contributed by atoms with E-state index in [1.54, 1.807) is 12.1 Å². The molecule has 27 heavy (non-hydrogen) atoms. The zero-order valence-electron chi connectivity index (χ0n) is 16.7. The summed E-state index contributed by atoms with van der Waals surface area (Å²) < 4.78 is 5.41. The Morgan fingerprint density at radius 2 is 1.48 bits per heavy atom. The maximum Gasteiger partial charge on any atom is 0.344 e. The first-order valence-electron chi connectivity index (χ1n) is 9.03. The number of phenolic OH excluding ortho intramolecular Hbond substituents is 2. The van der Waals surface area contributed by atoms with Gasteiger partial charge in [-0.3, -0.25) is 0 Å². The summed E-state index contributed by atoms with van der Waals surface area (Å²) in [6, 6.07) is 10.2. The third-order valence-corrected chi connectivity index (χ3v) is 4.79. The molecule has 142 valence electrons. The van der Waals surface area contributed by atoms with Gasteiger partial charge in [0.2, 0.25) is 0 Å². The Morgan fingerprint density at radius 3 is 2.07 bits per heavy atom. The number of phenols is 2. The third-order valence-electron chi connectivity index (χ3n) is 4.79. The fourth-order valence-corrected chi connectivity index (χ4v) is 3.13. The molecule has 0 fully saturated rings. The van der Waals surface area contributed by atoms with Gasteiger partial charge in [0.25, 0.3) is 0 Å². The van der Waals surface area contributed by atoms with Crippen molar-refractivity contribution in [1.29, 1.82) is 0 Å². The van der Waals surface area contributed by atoms with Gasteiger partial charge in [-0.05, 0) is 40.7 Å². The molecular formula is C23H26O4. The summed E-state index contributed by atoms with van der Waals surface area (Å²) in [4.78, 5) is 12.7. The van der Waals surface area contributed by atoms with Crippen molar-refractivity contribution in [3.63, 3.8) is 0 Å². The first-order chi connectivity index (χ1) is 12.4. The smallest absolute Gasteiger partial charge is 0.344 e. The van der Waals surface area contributed by atoms with Crippen molar-refractivity contribution in [3.05, 3.63) is 57.9 Å². The quantitative estimate of drug-likeness (QED) is 0.561. The van der Waals surface area contributed by atoms with Crippen molar-refractivity contribution in [2.24, 2.45) is 0 Å². The number of rotatable bonds is 1. The van der Waals surface area contributed by atoms with Crippen LogP contribution in [0.2, 0.25) is 0 Å². The van der Waals surface area contributed by atoms with E-state index >= 15 is 0 Å². The van der Waals surface area contributed by atoms with Crippen LogP contribution in [-0.4, -0.2) is 10.2 Å². The van der Waals surface area contributed by atoms with Crippen LogP contribution in [0.3, 0.4) is 0 Å². The lowest BCUT2D eigenvalue weighted by molar-refractivity contribution is 0.446. The molecular weight excluding hydrogens is 340 g/mol. The highest BCUT2D eigenvalue weighted by Gasteiger charge is 2.26. The van der Waals surface area contributed by atoms with Gasteiger partial charge in [-0.15, -0.1) is 0 Å². The predicted octanol–water partition coefficient (Wildman–Crippen LogP) is 5.47. The Kier molecular flexibility index (Phi) is 4.34. The van der Waals surface area contributed by atoms with E-state index in [0.717, 1.165) is 11.1 Å². The second-order valence-corrected chi connectivity index (χ2v) is 9.09. The normalized spacial score (nSPS) is 12.5. The van der Waals surface area contributed by atoms with Gasteiger partial charge in [0.05, 0.1) is 5.56 Å². The van der Waals surface area contributed by atoms with E-state index in [1.807, 2.05) is 32.9 Å². The molecule has 0 saturated heterocycles. The van der Waals surface area contributed by atoms with E-state index in [4.69, 9.17) is 4.42 Å². The minimum Gasteiger partial charge on any atom is -0.508 e. The average molecular weight is 366 g/mol. The van der Waals surface area contributed by atoms with Gasteiger partial charge >= 0.3 is 5.63 Å². The van der Waals surface area contributed by atoms with Crippen molar-refractivity contribution in [1.82, 2.24) is 0 Å². The zero-order valence-corrected chi connectivity index (χ0v) is 16.7. The molecule has 0 amide bonds. The molecule has 0 aliphatic carbocycles. The first kappa shape index (κ1) is 19.0. The third kappa shape index (κ3) is 3.57. The second kappa shape index (κ2) is 6.15. The molecule has 4 nitrogen and oxygen atoms in total. The van der Waals surface area contributed by atoms with Gasteiger partial charge in [-0.25, -0.2) is 4.79 Å². The molecule has 0 unspecified atom stereocenters. The number of hydrogen-bond acceptors (Lipinski definition) is 4. The van der Waals surface area contributed by atoms with Gasteiger partial charge in [-0.1, -0.05) is 47.6 Å². The maximum absolute atomic E-state index is 12.7. The van der Waals surface area contributed by atoms with Crippen molar-refractivity contribution in [2.45, 2.75) is 52.4 Å². The minimum absolute atomic E-state index is 0.0333. The largest absolute Gasteiger partial charge is 0.508 e. The molecule has 0 spiro atoms. The summed E-state index contributed by atoms with van der Waals surface area (Å²) in [7, 11) is 0. The Balaban J connectivity index is 2.37. The SMILES string of the molecule is CC(C)(C)c1cc(-c2cc3ccc(O)cc3oc2=O)c(O)c(C(C)(C)C)c1. The van der Waals surface area contributed by atoms with Crippen LogP contribution in [0.4, 0.5) is 0 Å². The van der Waals surface area contributed by atoms with Crippen LogP contribution in [0, 0.1) is 0 Å². The topological polar surface area (TPSA) is 70.7 Å². The van der Waals surface area contributed by atoms with Gasteiger partial charge in [0.1, 0.15) is 17.1 Å². The lowest BCUT2D eigenvalue weighted by atomic mass is 9.78. The van der Waals surface area contributed by atoms with Crippen LogP contribution in [0.15, 0.2) is 45.6 Å². The molecule has 0 bridgehead atoms. The zero-order chi connectivity index (χ0) is 20.1.